The van der Waals surface area contributed by atoms with Gasteiger partial charge in [-0.25, -0.2) is 9.37 Å². The van der Waals surface area contributed by atoms with E-state index >= 15 is 0 Å². The Labute approximate surface area is 133 Å². The highest BCUT2D eigenvalue weighted by Crippen LogP contribution is 2.36. The van der Waals surface area contributed by atoms with Gasteiger partial charge in [-0.2, -0.15) is 0 Å². The highest BCUT2D eigenvalue weighted by atomic mass is 19.1. The van der Waals surface area contributed by atoms with Gasteiger partial charge < -0.3 is 4.98 Å². The topological polar surface area (TPSA) is 45.8 Å². The Morgan fingerprint density at radius 2 is 1.91 bits per heavy atom. The van der Waals surface area contributed by atoms with E-state index in [9.17, 15) is 9.18 Å². The highest BCUT2D eigenvalue weighted by Gasteiger charge is 2.17. The number of aromatic nitrogens is 2. The number of benzene rings is 1. The van der Waals surface area contributed by atoms with Crippen LogP contribution < -0.4 is 0 Å². The Hall–Kier alpha value is -2.75. The number of hydrogen-bond acceptors (Lipinski definition) is 2. The molecular weight excluding hydrogens is 291 g/mol. The largest absolute Gasteiger partial charge is 0.346 e. The fourth-order valence-corrected chi connectivity index (χ4v) is 2.78. The first-order valence-corrected chi connectivity index (χ1v) is 7.50. The molecule has 0 saturated heterocycles. The van der Waals surface area contributed by atoms with Crippen LogP contribution in [0.15, 0.2) is 42.6 Å². The lowest BCUT2D eigenvalue weighted by atomic mass is 9.92. The fourth-order valence-electron chi connectivity index (χ4n) is 2.78. The number of rotatable bonds is 4. The number of allylic oxidation sites excluding steroid dienone is 1. The molecule has 116 valence electrons. The third kappa shape index (κ3) is 2.80. The number of hydrogen-bond donors (Lipinski definition) is 1. The predicted octanol–water partition coefficient (Wildman–Crippen LogP) is 4.70. The van der Waals surface area contributed by atoms with Crippen LogP contribution in [0.5, 0.6) is 0 Å². The average Bonchev–Trinajstić information content (AvgIpc) is 3.00. The molecular formula is C19H17FN2O. The van der Waals surface area contributed by atoms with Gasteiger partial charge in [0.15, 0.2) is 0 Å². The maximum Gasteiger partial charge on any atom is 0.142 e. The van der Waals surface area contributed by atoms with E-state index in [1.807, 2.05) is 12.3 Å². The molecule has 3 aromatic rings. The Kier molecular flexibility index (Phi) is 4.06. The molecule has 2 aromatic heterocycles. The summed E-state index contributed by atoms with van der Waals surface area (Å²) in [5, 5.41) is 0.951. The zero-order chi connectivity index (χ0) is 16.4. The van der Waals surface area contributed by atoms with E-state index in [1.165, 1.54) is 18.2 Å². The average molecular weight is 308 g/mol. The molecule has 0 saturated carbocycles. The number of aldehydes is 1. The molecule has 1 aromatic carbocycles. The number of halogens is 1. The van der Waals surface area contributed by atoms with E-state index in [-0.39, 0.29) is 11.7 Å². The normalized spacial score (nSPS) is 11.7. The third-order valence-corrected chi connectivity index (χ3v) is 3.79. The summed E-state index contributed by atoms with van der Waals surface area (Å²) in [6.07, 6.45) is 5.83. The lowest BCUT2D eigenvalue weighted by Crippen LogP contribution is -2.00. The van der Waals surface area contributed by atoms with Crippen molar-refractivity contribution in [2.75, 3.05) is 0 Å². The lowest BCUT2D eigenvalue weighted by Gasteiger charge is -2.15. The minimum atomic E-state index is -0.276. The summed E-state index contributed by atoms with van der Waals surface area (Å²) in [4.78, 5) is 18.6. The van der Waals surface area contributed by atoms with Crippen molar-refractivity contribution in [2.24, 2.45) is 0 Å². The molecule has 23 heavy (non-hydrogen) atoms. The number of fused-ring (bicyclic) bond motifs is 1. The summed E-state index contributed by atoms with van der Waals surface area (Å²) >= 11 is 0. The van der Waals surface area contributed by atoms with Gasteiger partial charge in [-0.3, -0.25) is 4.79 Å². The molecule has 0 spiro atoms. The summed E-state index contributed by atoms with van der Waals surface area (Å²) in [5.41, 5.74) is 4.43. The van der Waals surface area contributed by atoms with E-state index in [0.29, 0.717) is 0 Å². The highest BCUT2D eigenvalue weighted by molar-refractivity contribution is 5.99. The van der Waals surface area contributed by atoms with Crippen LogP contribution in [0, 0.1) is 5.82 Å². The molecule has 0 fully saturated rings. The number of nitrogens with zero attached hydrogens (tertiary/aromatic N) is 1. The van der Waals surface area contributed by atoms with Gasteiger partial charge in [0.05, 0.1) is 5.69 Å². The number of pyridine rings is 1. The van der Waals surface area contributed by atoms with Crippen LogP contribution in [0.2, 0.25) is 0 Å². The number of aromatic amines is 1. The first-order chi connectivity index (χ1) is 11.1. The van der Waals surface area contributed by atoms with E-state index in [0.717, 1.165) is 39.7 Å². The first kappa shape index (κ1) is 15.2. The number of carbonyl (C=O) groups is 1. The Morgan fingerprint density at radius 1 is 1.17 bits per heavy atom. The molecule has 0 atom stereocenters. The number of carbonyl (C=O) groups excluding carboxylic acids is 1. The molecule has 2 heterocycles. The zero-order valence-electron chi connectivity index (χ0n) is 13.0. The summed E-state index contributed by atoms with van der Waals surface area (Å²) < 4.78 is 13.3. The van der Waals surface area contributed by atoms with Gasteiger partial charge in [0.2, 0.25) is 0 Å². The number of H-pyrrole nitrogens is 1. The van der Waals surface area contributed by atoms with Crippen molar-refractivity contribution >= 4 is 23.4 Å². The van der Waals surface area contributed by atoms with Crippen molar-refractivity contribution in [3.05, 3.63) is 59.7 Å². The van der Waals surface area contributed by atoms with E-state index < -0.39 is 0 Å². The minimum absolute atomic E-state index is 0.188. The van der Waals surface area contributed by atoms with Gasteiger partial charge in [-0.05, 0) is 41.8 Å². The van der Waals surface area contributed by atoms with Gasteiger partial charge in [-0.1, -0.05) is 26.0 Å². The summed E-state index contributed by atoms with van der Waals surface area (Å²) in [6, 6.07) is 8.33. The Bertz CT molecular complexity index is 876. The molecule has 0 aliphatic heterocycles. The monoisotopic (exact) mass is 308 g/mol. The third-order valence-electron chi connectivity index (χ3n) is 3.79. The molecule has 0 radical (unpaired) electrons. The summed E-state index contributed by atoms with van der Waals surface area (Å²) in [7, 11) is 0. The van der Waals surface area contributed by atoms with Crippen LogP contribution >= 0.6 is 0 Å². The van der Waals surface area contributed by atoms with Crippen LogP contribution in [-0.4, -0.2) is 16.3 Å². The summed E-state index contributed by atoms with van der Waals surface area (Å²) in [5.74, 6) is -0.0876. The standard InChI is InChI=1S/C19H17FN2O/c1-12(2)18-15(4-3-11-23)17(13-5-7-14(20)8-6-13)16-9-10-21-19(16)22-18/h3-12H,1-2H3,(H,21,22)/b4-3+. The summed E-state index contributed by atoms with van der Waals surface area (Å²) in [6.45, 7) is 4.12. The molecule has 3 rings (SSSR count). The van der Waals surface area contributed by atoms with Crippen LogP contribution in [0.1, 0.15) is 31.0 Å². The molecule has 0 aliphatic carbocycles. The Morgan fingerprint density at radius 3 is 2.57 bits per heavy atom. The second-order valence-electron chi connectivity index (χ2n) is 5.68. The maximum absolute atomic E-state index is 13.3. The molecule has 4 heteroatoms. The van der Waals surface area contributed by atoms with Crippen molar-refractivity contribution < 1.29 is 9.18 Å². The molecule has 0 bridgehead atoms. The molecule has 0 aliphatic rings. The quantitative estimate of drug-likeness (QED) is 0.560. The van der Waals surface area contributed by atoms with Crippen LogP contribution in [0.25, 0.3) is 28.2 Å². The zero-order valence-corrected chi connectivity index (χ0v) is 13.0. The van der Waals surface area contributed by atoms with Gasteiger partial charge in [0, 0.05) is 22.7 Å². The van der Waals surface area contributed by atoms with Gasteiger partial charge in [0.25, 0.3) is 0 Å². The molecule has 1 N–H and O–H groups in total. The van der Waals surface area contributed by atoms with Crippen molar-refractivity contribution in [1.82, 2.24) is 9.97 Å². The van der Waals surface area contributed by atoms with Gasteiger partial charge in [0.1, 0.15) is 17.8 Å². The van der Waals surface area contributed by atoms with Gasteiger partial charge >= 0.3 is 0 Å². The molecule has 3 nitrogen and oxygen atoms in total. The van der Waals surface area contributed by atoms with Crippen molar-refractivity contribution in [2.45, 2.75) is 19.8 Å². The van der Waals surface area contributed by atoms with Crippen molar-refractivity contribution in [3.63, 3.8) is 0 Å². The van der Waals surface area contributed by atoms with Crippen molar-refractivity contribution in [3.8, 4) is 11.1 Å². The maximum atomic E-state index is 13.3. The van der Waals surface area contributed by atoms with Crippen LogP contribution in [-0.2, 0) is 4.79 Å². The van der Waals surface area contributed by atoms with E-state index in [4.69, 9.17) is 4.98 Å². The van der Waals surface area contributed by atoms with E-state index in [2.05, 4.69) is 18.8 Å². The number of nitrogens with one attached hydrogen (secondary N) is 1. The predicted molar refractivity (Wildman–Crippen MR) is 90.7 cm³/mol. The molecule has 0 unspecified atom stereocenters. The first-order valence-electron chi connectivity index (χ1n) is 7.50. The lowest BCUT2D eigenvalue weighted by molar-refractivity contribution is -0.104. The Balaban J connectivity index is 2.39. The van der Waals surface area contributed by atoms with Crippen LogP contribution in [0.4, 0.5) is 4.39 Å². The fraction of sp³-hybridized carbons (Fsp3) is 0.158. The second-order valence-corrected chi connectivity index (χ2v) is 5.68. The SMILES string of the molecule is CC(C)c1nc2[nH]ccc2c(-c2ccc(F)cc2)c1/C=C/C=O. The van der Waals surface area contributed by atoms with Gasteiger partial charge in [-0.15, -0.1) is 0 Å². The minimum Gasteiger partial charge on any atom is -0.346 e. The molecule has 0 amide bonds. The second kappa shape index (κ2) is 6.16. The smallest absolute Gasteiger partial charge is 0.142 e. The van der Waals surface area contributed by atoms with Crippen LogP contribution in [0.3, 0.4) is 0 Å². The van der Waals surface area contributed by atoms with Crippen molar-refractivity contribution in [1.29, 1.82) is 0 Å². The van der Waals surface area contributed by atoms with E-state index in [1.54, 1.807) is 18.2 Å².